The number of hydrogen-bond donors (Lipinski definition) is 1. The van der Waals surface area contributed by atoms with Gasteiger partial charge in [-0.05, 0) is 31.2 Å². The summed E-state index contributed by atoms with van der Waals surface area (Å²) in [6, 6.07) is 10.5. The lowest BCUT2D eigenvalue weighted by Crippen LogP contribution is -2.24. The highest BCUT2D eigenvalue weighted by Gasteiger charge is 2.04. The summed E-state index contributed by atoms with van der Waals surface area (Å²) in [4.78, 5) is 11.5. The van der Waals surface area contributed by atoms with Crippen molar-refractivity contribution in [3.8, 4) is 5.75 Å². The van der Waals surface area contributed by atoms with Crippen molar-refractivity contribution in [2.24, 2.45) is 5.10 Å². The fourth-order valence-corrected chi connectivity index (χ4v) is 1.62. The Balaban J connectivity index is 1.78. The van der Waals surface area contributed by atoms with Crippen LogP contribution in [0.25, 0.3) is 0 Å². The van der Waals surface area contributed by atoms with Gasteiger partial charge in [0.25, 0.3) is 5.91 Å². The second kappa shape index (κ2) is 6.77. The number of amides is 1. The van der Waals surface area contributed by atoms with Crippen LogP contribution in [0.5, 0.6) is 5.75 Å². The summed E-state index contributed by atoms with van der Waals surface area (Å²) in [5, 5.41) is 4.21. The first-order valence-electron chi connectivity index (χ1n) is 5.91. The molecule has 1 heterocycles. The van der Waals surface area contributed by atoms with Crippen LogP contribution in [-0.4, -0.2) is 18.7 Å². The summed E-state index contributed by atoms with van der Waals surface area (Å²) in [5.41, 5.74) is 2.33. The number of ether oxygens (including phenoxy) is 1. The molecule has 1 aromatic carbocycles. The Kier molecular flexibility index (Phi) is 4.79. The van der Waals surface area contributed by atoms with Crippen LogP contribution in [-0.2, 0) is 4.79 Å². The molecular weight excluding hydrogens is 280 g/mol. The van der Waals surface area contributed by atoms with Crippen LogP contribution in [0.15, 0.2) is 45.9 Å². The van der Waals surface area contributed by atoms with Crippen LogP contribution < -0.4 is 10.2 Å². The average Bonchev–Trinajstić information content (AvgIpc) is 2.83. The summed E-state index contributed by atoms with van der Waals surface area (Å²) in [6.45, 7) is 1.66. The Hall–Kier alpha value is -2.27. The van der Waals surface area contributed by atoms with Gasteiger partial charge in [-0.1, -0.05) is 23.7 Å². The number of hydrogen-bond acceptors (Lipinski definition) is 4. The van der Waals surface area contributed by atoms with Gasteiger partial charge in [0.05, 0.1) is 11.2 Å². The Labute approximate surface area is 121 Å². The molecule has 0 saturated heterocycles. The van der Waals surface area contributed by atoms with Crippen molar-refractivity contribution >= 4 is 23.7 Å². The van der Waals surface area contributed by atoms with Crippen molar-refractivity contribution in [3.63, 3.8) is 0 Å². The van der Waals surface area contributed by atoms with Gasteiger partial charge >= 0.3 is 0 Å². The molecule has 20 heavy (non-hydrogen) atoms. The van der Waals surface area contributed by atoms with Crippen LogP contribution >= 0.6 is 11.6 Å². The lowest BCUT2D eigenvalue weighted by molar-refractivity contribution is -0.123. The third-order valence-electron chi connectivity index (χ3n) is 2.34. The number of rotatable bonds is 5. The molecule has 1 aromatic heterocycles. The lowest BCUT2D eigenvalue weighted by Gasteiger charge is -2.05. The van der Waals surface area contributed by atoms with Gasteiger partial charge < -0.3 is 9.15 Å². The number of benzene rings is 1. The highest BCUT2D eigenvalue weighted by molar-refractivity contribution is 6.32. The molecule has 1 N–H and O–H groups in total. The number of carbonyl (C=O) groups is 1. The SMILES string of the molecule is Cc1ccc(/C=N/NC(=O)COc2ccccc2Cl)o1. The first kappa shape index (κ1) is 14.1. The molecule has 0 bridgehead atoms. The molecule has 0 radical (unpaired) electrons. The molecule has 1 amide bonds. The predicted octanol–water partition coefficient (Wildman–Crippen LogP) is 2.77. The molecule has 0 aliphatic heterocycles. The molecule has 0 atom stereocenters. The van der Waals surface area contributed by atoms with Crippen LogP contribution in [0.4, 0.5) is 0 Å². The maximum absolute atomic E-state index is 11.5. The fraction of sp³-hybridized carbons (Fsp3) is 0.143. The van der Waals surface area contributed by atoms with Gasteiger partial charge in [-0.25, -0.2) is 5.43 Å². The van der Waals surface area contributed by atoms with Gasteiger partial charge in [0.15, 0.2) is 6.61 Å². The number of furan rings is 1. The van der Waals surface area contributed by atoms with Crippen molar-refractivity contribution < 1.29 is 13.9 Å². The third kappa shape index (κ3) is 4.13. The Bertz CT molecular complexity index is 622. The average molecular weight is 293 g/mol. The monoisotopic (exact) mass is 292 g/mol. The van der Waals surface area contributed by atoms with Crippen LogP contribution in [0.2, 0.25) is 5.02 Å². The van der Waals surface area contributed by atoms with Crippen molar-refractivity contribution in [3.05, 3.63) is 52.9 Å². The van der Waals surface area contributed by atoms with Gasteiger partial charge in [-0.3, -0.25) is 4.79 Å². The quantitative estimate of drug-likeness (QED) is 0.681. The smallest absolute Gasteiger partial charge is 0.277 e. The molecule has 2 rings (SSSR count). The van der Waals surface area contributed by atoms with Crippen LogP contribution in [0, 0.1) is 6.92 Å². The third-order valence-corrected chi connectivity index (χ3v) is 2.65. The highest BCUT2D eigenvalue weighted by Crippen LogP contribution is 2.22. The van der Waals surface area contributed by atoms with Gasteiger partial charge in [0, 0.05) is 0 Å². The molecule has 2 aromatic rings. The zero-order chi connectivity index (χ0) is 14.4. The normalized spacial score (nSPS) is 10.7. The van der Waals surface area contributed by atoms with Gasteiger partial charge in [0.2, 0.25) is 0 Å². The molecule has 0 fully saturated rings. The summed E-state index contributed by atoms with van der Waals surface area (Å²) in [5.74, 6) is 1.41. The number of para-hydroxylation sites is 1. The van der Waals surface area contributed by atoms with E-state index < -0.39 is 0 Å². The lowest BCUT2D eigenvalue weighted by atomic mass is 10.3. The minimum Gasteiger partial charge on any atom is -0.482 e. The van der Waals surface area contributed by atoms with Crippen molar-refractivity contribution in [2.45, 2.75) is 6.92 Å². The second-order valence-corrected chi connectivity index (χ2v) is 4.37. The van der Waals surface area contributed by atoms with Crippen molar-refractivity contribution in [1.29, 1.82) is 0 Å². The van der Waals surface area contributed by atoms with E-state index in [0.29, 0.717) is 16.5 Å². The molecule has 0 aliphatic rings. The van der Waals surface area contributed by atoms with E-state index in [1.54, 1.807) is 30.3 Å². The molecule has 0 saturated carbocycles. The molecule has 0 unspecified atom stereocenters. The first-order valence-corrected chi connectivity index (χ1v) is 6.28. The number of carbonyl (C=O) groups excluding carboxylic acids is 1. The van der Waals surface area contributed by atoms with E-state index in [-0.39, 0.29) is 12.5 Å². The van der Waals surface area contributed by atoms with E-state index in [0.717, 1.165) is 5.76 Å². The summed E-state index contributed by atoms with van der Waals surface area (Å²) < 4.78 is 10.5. The summed E-state index contributed by atoms with van der Waals surface area (Å²) in [7, 11) is 0. The maximum Gasteiger partial charge on any atom is 0.277 e. The highest BCUT2D eigenvalue weighted by atomic mass is 35.5. The Morgan fingerprint density at radius 3 is 2.90 bits per heavy atom. The molecule has 5 nitrogen and oxygen atoms in total. The van der Waals surface area contributed by atoms with E-state index in [2.05, 4.69) is 10.5 Å². The largest absolute Gasteiger partial charge is 0.482 e. The second-order valence-electron chi connectivity index (χ2n) is 3.96. The molecule has 0 aliphatic carbocycles. The van der Waals surface area contributed by atoms with E-state index in [4.69, 9.17) is 20.8 Å². The number of hydrazone groups is 1. The van der Waals surface area contributed by atoms with Crippen LogP contribution in [0.1, 0.15) is 11.5 Å². The number of nitrogens with zero attached hydrogens (tertiary/aromatic N) is 1. The number of nitrogens with one attached hydrogen (secondary N) is 1. The predicted molar refractivity (Wildman–Crippen MR) is 76.1 cm³/mol. The van der Waals surface area contributed by atoms with E-state index in [9.17, 15) is 4.79 Å². The Morgan fingerprint density at radius 2 is 2.20 bits per heavy atom. The standard InChI is InChI=1S/C14H13ClN2O3/c1-10-6-7-11(20-10)8-16-17-14(18)9-19-13-5-3-2-4-12(13)15/h2-8H,9H2,1H3,(H,17,18)/b16-8+. The van der Waals surface area contributed by atoms with Gasteiger partial charge in [-0.15, -0.1) is 0 Å². The minimum atomic E-state index is -0.385. The fourth-order valence-electron chi connectivity index (χ4n) is 1.43. The van der Waals surface area contributed by atoms with E-state index in [1.165, 1.54) is 6.21 Å². The topological polar surface area (TPSA) is 63.8 Å². The number of halogens is 1. The number of aryl methyl sites for hydroxylation is 1. The zero-order valence-electron chi connectivity index (χ0n) is 10.8. The van der Waals surface area contributed by atoms with Crippen molar-refractivity contribution in [1.82, 2.24) is 5.43 Å². The molecule has 104 valence electrons. The van der Waals surface area contributed by atoms with Crippen molar-refractivity contribution in [2.75, 3.05) is 6.61 Å². The van der Waals surface area contributed by atoms with Crippen LogP contribution in [0.3, 0.4) is 0 Å². The minimum absolute atomic E-state index is 0.168. The van der Waals surface area contributed by atoms with E-state index in [1.807, 2.05) is 13.0 Å². The summed E-state index contributed by atoms with van der Waals surface area (Å²) >= 11 is 5.90. The molecule has 6 heteroatoms. The van der Waals surface area contributed by atoms with Gasteiger partial charge in [0.1, 0.15) is 17.3 Å². The molecular formula is C14H13ClN2O3. The molecule has 0 spiro atoms. The van der Waals surface area contributed by atoms with E-state index >= 15 is 0 Å². The maximum atomic E-state index is 11.5. The Morgan fingerprint density at radius 1 is 1.40 bits per heavy atom. The summed E-state index contributed by atoms with van der Waals surface area (Å²) in [6.07, 6.45) is 1.42. The van der Waals surface area contributed by atoms with Gasteiger partial charge in [-0.2, -0.15) is 5.10 Å². The first-order chi connectivity index (χ1) is 9.65. The zero-order valence-corrected chi connectivity index (χ0v) is 11.6.